The smallest absolute Gasteiger partial charge is 0.159 e. The molecule has 5 heteroatoms. The van der Waals surface area contributed by atoms with Crippen LogP contribution in [0.4, 0.5) is 0 Å². The minimum Gasteiger partial charge on any atom is -0.456 e. The molecule has 244 valence electrons. The Bertz CT molecular complexity index is 3130. The van der Waals surface area contributed by atoms with E-state index >= 15 is 0 Å². The highest BCUT2D eigenvalue weighted by molar-refractivity contribution is 7.26. The second-order valence-corrected chi connectivity index (χ2v) is 14.5. The standard InChI is InChI=1S/C47H29N3OS/c1-3-12-30-24-32(22-20-28(30)10-1)45-48-46(33-23-21-29-11-2-4-13-31(29)25-33)50-47(49-45)39-26-34(27-41-43(39)38-15-5-7-18-40(38)51-41)35-16-9-17-37-36-14-6-8-19-42(36)52-44(35)37/h1-27,45H,(H,48,49,50). The number of nitrogens with one attached hydrogen (secondary N) is 1. The maximum absolute atomic E-state index is 6.63. The van der Waals surface area contributed by atoms with E-state index < -0.39 is 0 Å². The number of thiophene rings is 1. The van der Waals surface area contributed by atoms with E-state index in [9.17, 15) is 0 Å². The van der Waals surface area contributed by atoms with Gasteiger partial charge in [-0.05, 0) is 74.6 Å². The number of fused-ring (bicyclic) bond motifs is 8. The Balaban J connectivity index is 1.16. The summed E-state index contributed by atoms with van der Waals surface area (Å²) >= 11 is 1.84. The summed E-state index contributed by atoms with van der Waals surface area (Å²) in [4.78, 5) is 10.6. The Hall–Kier alpha value is -6.56. The van der Waals surface area contributed by atoms with Crippen molar-refractivity contribution in [3.63, 3.8) is 0 Å². The van der Waals surface area contributed by atoms with Crippen molar-refractivity contribution in [1.82, 2.24) is 5.32 Å². The zero-order chi connectivity index (χ0) is 34.2. The molecule has 1 atom stereocenters. The molecule has 0 spiro atoms. The van der Waals surface area contributed by atoms with E-state index in [1.54, 1.807) is 0 Å². The number of nitrogens with zero attached hydrogens (tertiary/aromatic N) is 2. The Morgan fingerprint density at radius 3 is 2.10 bits per heavy atom. The summed E-state index contributed by atoms with van der Waals surface area (Å²) in [7, 11) is 0. The van der Waals surface area contributed by atoms with Crippen LogP contribution < -0.4 is 5.32 Å². The lowest BCUT2D eigenvalue weighted by atomic mass is 9.96. The highest BCUT2D eigenvalue weighted by Gasteiger charge is 2.25. The molecule has 0 amide bonds. The van der Waals surface area contributed by atoms with Crippen LogP contribution in [0.3, 0.4) is 0 Å². The van der Waals surface area contributed by atoms with Crippen LogP contribution in [-0.2, 0) is 0 Å². The van der Waals surface area contributed by atoms with Gasteiger partial charge in [-0.2, -0.15) is 0 Å². The van der Waals surface area contributed by atoms with Crippen molar-refractivity contribution < 1.29 is 4.42 Å². The molecule has 11 rings (SSSR count). The van der Waals surface area contributed by atoms with Crippen LogP contribution in [0, 0.1) is 0 Å². The number of hydrogen-bond acceptors (Lipinski definition) is 5. The van der Waals surface area contributed by atoms with Gasteiger partial charge in [-0.25, -0.2) is 9.98 Å². The summed E-state index contributed by atoms with van der Waals surface area (Å²) in [5, 5.41) is 13.1. The lowest BCUT2D eigenvalue weighted by molar-refractivity contribution is 0.668. The fourth-order valence-corrected chi connectivity index (χ4v) is 9.00. The number of aliphatic imine (C=N–C) groups is 2. The third-order valence-electron chi connectivity index (χ3n) is 10.3. The van der Waals surface area contributed by atoms with E-state index in [0.717, 1.165) is 55.4 Å². The quantitative estimate of drug-likeness (QED) is 0.201. The van der Waals surface area contributed by atoms with Gasteiger partial charge < -0.3 is 9.73 Å². The van der Waals surface area contributed by atoms with Crippen molar-refractivity contribution in [2.45, 2.75) is 6.17 Å². The molecule has 0 bridgehead atoms. The molecular weight excluding hydrogens is 655 g/mol. The third-order valence-corrected chi connectivity index (χ3v) is 11.5. The number of para-hydroxylation sites is 1. The lowest BCUT2D eigenvalue weighted by Crippen LogP contribution is -2.33. The van der Waals surface area contributed by atoms with Crippen LogP contribution in [-0.4, -0.2) is 11.7 Å². The highest BCUT2D eigenvalue weighted by Crippen LogP contribution is 2.42. The van der Waals surface area contributed by atoms with Gasteiger partial charge in [-0.3, -0.25) is 0 Å². The number of benzene rings is 8. The van der Waals surface area contributed by atoms with Crippen molar-refractivity contribution in [1.29, 1.82) is 0 Å². The van der Waals surface area contributed by atoms with Crippen molar-refractivity contribution >= 4 is 86.7 Å². The van der Waals surface area contributed by atoms with Gasteiger partial charge in [0.1, 0.15) is 23.2 Å². The molecular formula is C47H29N3OS. The van der Waals surface area contributed by atoms with E-state index in [2.05, 4.69) is 157 Å². The number of amidine groups is 2. The Kier molecular flexibility index (Phi) is 6.45. The van der Waals surface area contributed by atoms with E-state index in [4.69, 9.17) is 14.4 Å². The molecule has 1 unspecified atom stereocenters. The first kappa shape index (κ1) is 29.2. The third kappa shape index (κ3) is 4.67. The van der Waals surface area contributed by atoms with Crippen LogP contribution in [0.1, 0.15) is 22.9 Å². The van der Waals surface area contributed by atoms with Gasteiger partial charge in [0.15, 0.2) is 5.84 Å². The predicted octanol–water partition coefficient (Wildman–Crippen LogP) is 12.4. The molecule has 1 aliphatic rings. The summed E-state index contributed by atoms with van der Waals surface area (Å²) in [5.74, 6) is 1.45. The largest absolute Gasteiger partial charge is 0.456 e. The SMILES string of the molecule is c1ccc2cc(C3=NC(c4ccc5ccccc5c4)NC(c4cc(-c5cccc6c5sc5ccccc56)cc5oc6ccccc6c45)=N3)ccc2c1. The number of furan rings is 1. The zero-order valence-corrected chi connectivity index (χ0v) is 28.7. The molecule has 0 saturated heterocycles. The van der Waals surface area contributed by atoms with Crippen molar-refractivity contribution in [3.8, 4) is 11.1 Å². The van der Waals surface area contributed by atoms with Crippen molar-refractivity contribution in [2.75, 3.05) is 0 Å². The summed E-state index contributed by atoms with van der Waals surface area (Å²) < 4.78 is 9.17. The van der Waals surface area contributed by atoms with Crippen LogP contribution in [0.2, 0.25) is 0 Å². The average Bonchev–Trinajstić information content (AvgIpc) is 3.78. The van der Waals surface area contributed by atoms with Gasteiger partial charge in [0, 0.05) is 42.1 Å². The van der Waals surface area contributed by atoms with Gasteiger partial charge in [0.25, 0.3) is 0 Å². The van der Waals surface area contributed by atoms with E-state index in [1.807, 2.05) is 23.5 Å². The van der Waals surface area contributed by atoms with Gasteiger partial charge in [0.05, 0.1) is 0 Å². The molecule has 1 N–H and O–H groups in total. The Morgan fingerprint density at radius 2 is 1.23 bits per heavy atom. The first-order chi connectivity index (χ1) is 25.7. The molecule has 52 heavy (non-hydrogen) atoms. The van der Waals surface area contributed by atoms with Gasteiger partial charge in [-0.1, -0.05) is 127 Å². The summed E-state index contributed by atoms with van der Waals surface area (Å²) in [6, 6.07) is 58.0. The maximum Gasteiger partial charge on any atom is 0.159 e. The average molecular weight is 684 g/mol. The fourth-order valence-electron chi connectivity index (χ4n) is 7.76. The highest BCUT2D eigenvalue weighted by atomic mass is 32.1. The van der Waals surface area contributed by atoms with Gasteiger partial charge >= 0.3 is 0 Å². The molecule has 4 nitrogen and oxygen atoms in total. The molecule has 2 aromatic heterocycles. The first-order valence-electron chi connectivity index (χ1n) is 17.5. The molecule has 0 aliphatic carbocycles. The molecule has 3 heterocycles. The van der Waals surface area contributed by atoms with Crippen molar-refractivity contribution in [2.24, 2.45) is 9.98 Å². The Labute approximate surface area is 303 Å². The van der Waals surface area contributed by atoms with Crippen LogP contribution >= 0.6 is 11.3 Å². The second-order valence-electron chi connectivity index (χ2n) is 13.4. The second kappa shape index (κ2) is 11.5. The van der Waals surface area contributed by atoms with Crippen molar-refractivity contribution in [3.05, 3.63) is 180 Å². The minimum absolute atomic E-state index is 0.360. The zero-order valence-electron chi connectivity index (χ0n) is 27.9. The van der Waals surface area contributed by atoms with E-state index in [0.29, 0.717) is 5.84 Å². The normalized spacial score (nSPS) is 14.7. The predicted molar refractivity (Wildman–Crippen MR) is 219 cm³/mol. The maximum atomic E-state index is 6.63. The Morgan fingerprint density at radius 1 is 0.519 bits per heavy atom. The summed E-state index contributed by atoms with van der Waals surface area (Å²) in [6.07, 6.45) is -0.360. The molecule has 1 aliphatic heterocycles. The monoisotopic (exact) mass is 683 g/mol. The molecule has 10 aromatic rings. The number of hydrogen-bond donors (Lipinski definition) is 1. The van der Waals surface area contributed by atoms with Crippen LogP contribution in [0.15, 0.2) is 178 Å². The van der Waals surface area contributed by atoms with Gasteiger partial charge in [-0.15, -0.1) is 11.3 Å². The van der Waals surface area contributed by atoms with E-state index in [1.165, 1.54) is 41.9 Å². The fraction of sp³-hybridized carbons (Fsp3) is 0.0213. The van der Waals surface area contributed by atoms with Crippen LogP contribution in [0.25, 0.3) is 74.8 Å². The summed E-state index contributed by atoms with van der Waals surface area (Å²) in [6.45, 7) is 0. The molecule has 0 radical (unpaired) electrons. The number of rotatable bonds is 4. The lowest BCUT2D eigenvalue weighted by Gasteiger charge is -2.25. The van der Waals surface area contributed by atoms with Gasteiger partial charge in [0.2, 0.25) is 0 Å². The molecule has 0 saturated carbocycles. The summed E-state index contributed by atoms with van der Waals surface area (Å²) in [5.41, 5.74) is 6.96. The van der Waals surface area contributed by atoms with Crippen LogP contribution in [0.5, 0.6) is 0 Å². The molecule has 8 aromatic carbocycles. The first-order valence-corrected chi connectivity index (χ1v) is 18.3. The topological polar surface area (TPSA) is 49.9 Å². The minimum atomic E-state index is -0.360. The molecule has 0 fully saturated rings. The van der Waals surface area contributed by atoms with E-state index in [-0.39, 0.29) is 6.17 Å².